The molecule has 2 atom stereocenters. The van der Waals surface area contributed by atoms with Crippen molar-refractivity contribution >= 4 is 0 Å². The molecule has 17 heavy (non-hydrogen) atoms. The molecule has 3 heteroatoms. The van der Waals surface area contributed by atoms with Crippen LogP contribution in [0.2, 0.25) is 0 Å². The molecule has 1 aromatic carbocycles. The molecule has 1 aliphatic carbocycles. The highest BCUT2D eigenvalue weighted by molar-refractivity contribution is 5.31. The van der Waals surface area contributed by atoms with Gasteiger partial charge in [0.1, 0.15) is 6.10 Å². The fraction of sp³-hybridized carbons (Fsp3) is 0.429. The number of allylic oxidation sites excluding steroid dienone is 1. The smallest absolute Gasteiger partial charge is 0.165 e. The van der Waals surface area contributed by atoms with E-state index in [1.807, 2.05) is 19.1 Å². The fourth-order valence-corrected chi connectivity index (χ4v) is 1.94. The number of rotatable bonds is 3. The summed E-state index contributed by atoms with van der Waals surface area (Å²) in [6.07, 6.45) is 7.22. The summed E-state index contributed by atoms with van der Waals surface area (Å²) in [5.41, 5.74) is 6.48. The lowest BCUT2D eigenvalue weighted by molar-refractivity contribution is 0.220. The molecular weight excluding hydrogens is 217 g/mol. The van der Waals surface area contributed by atoms with E-state index >= 15 is 0 Å². The van der Waals surface area contributed by atoms with E-state index in [1.165, 1.54) is 6.07 Å². The van der Waals surface area contributed by atoms with Gasteiger partial charge < -0.3 is 10.5 Å². The Labute approximate surface area is 101 Å². The largest absolute Gasteiger partial charge is 0.483 e. The van der Waals surface area contributed by atoms with E-state index in [4.69, 9.17) is 10.5 Å². The van der Waals surface area contributed by atoms with Gasteiger partial charge >= 0.3 is 0 Å². The van der Waals surface area contributed by atoms with Crippen LogP contribution in [0, 0.1) is 5.82 Å². The first-order chi connectivity index (χ1) is 8.16. The standard InChI is InChI=1S/C14H18FNO/c1-10(16)11-7-8-14(13(15)9-11)17-12-5-3-2-4-6-12/h3,5,7-10,12H,2,4,6,16H2,1H3. The predicted octanol–water partition coefficient (Wildman–Crippen LogP) is 3.33. The number of hydrogen-bond donors (Lipinski definition) is 1. The first-order valence-corrected chi connectivity index (χ1v) is 6.05. The van der Waals surface area contributed by atoms with Crippen LogP contribution >= 0.6 is 0 Å². The zero-order valence-corrected chi connectivity index (χ0v) is 10.0. The Morgan fingerprint density at radius 3 is 2.88 bits per heavy atom. The predicted molar refractivity (Wildman–Crippen MR) is 66.4 cm³/mol. The van der Waals surface area contributed by atoms with Gasteiger partial charge in [-0.1, -0.05) is 12.1 Å². The molecule has 2 unspecified atom stereocenters. The molecule has 2 N–H and O–H groups in total. The number of halogens is 1. The molecule has 0 saturated carbocycles. The molecule has 0 spiro atoms. The summed E-state index contributed by atoms with van der Waals surface area (Å²) in [4.78, 5) is 0. The van der Waals surface area contributed by atoms with Crippen molar-refractivity contribution in [2.75, 3.05) is 0 Å². The first kappa shape index (κ1) is 12.1. The molecule has 1 aromatic rings. The van der Waals surface area contributed by atoms with Gasteiger partial charge in [0.15, 0.2) is 11.6 Å². The van der Waals surface area contributed by atoms with Crippen molar-refractivity contribution in [2.24, 2.45) is 5.73 Å². The van der Waals surface area contributed by atoms with Crippen molar-refractivity contribution in [3.63, 3.8) is 0 Å². The molecule has 0 amide bonds. The summed E-state index contributed by atoms with van der Waals surface area (Å²) in [6, 6.07) is 4.77. The molecule has 2 rings (SSSR count). The Morgan fingerprint density at radius 1 is 1.47 bits per heavy atom. The molecule has 0 radical (unpaired) electrons. The molecular formula is C14H18FNO. The van der Waals surface area contributed by atoms with Crippen LogP contribution in [-0.2, 0) is 0 Å². The maximum absolute atomic E-state index is 13.8. The Bertz CT molecular complexity index is 415. The van der Waals surface area contributed by atoms with Crippen LogP contribution in [0.1, 0.15) is 37.8 Å². The second-order valence-corrected chi connectivity index (χ2v) is 4.49. The van der Waals surface area contributed by atoms with Crippen molar-refractivity contribution in [3.8, 4) is 5.75 Å². The Morgan fingerprint density at radius 2 is 2.29 bits per heavy atom. The van der Waals surface area contributed by atoms with E-state index in [-0.39, 0.29) is 18.0 Å². The number of hydrogen-bond acceptors (Lipinski definition) is 2. The third-order valence-corrected chi connectivity index (χ3v) is 2.97. The molecule has 0 aromatic heterocycles. The van der Waals surface area contributed by atoms with Crippen LogP contribution in [0.3, 0.4) is 0 Å². The van der Waals surface area contributed by atoms with Crippen LogP contribution in [0.25, 0.3) is 0 Å². The number of nitrogens with two attached hydrogens (primary N) is 1. The van der Waals surface area contributed by atoms with Gasteiger partial charge in [-0.25, -0.2) is 4.39 Å². The summed E-state index contributed by atoms with van der Waals surface area (Å²) < 4.78 is 19.4. The quantitative estimate of drug-likeness (QED) is 0.815. The summed E-state index contributed by atoms with van der Waals surface area (Å²) in [7, 11) is 0. The van der Waals surface area contributed by atoms with Gasteiger partial charge in [-0.05, 0) is 50.0 Å². The molecule has 0 fully saturated rings. The maximum atomic E-state index is 13.8. The lowest BCUT2D eigenvalue weighted by Crippen LogP contribution is -2.16. The third-order valence-electron chi connectivity index (χ3n) is 2.97. The van der Waals surface area contributed by atoms with Crippen LogP contribution < -0.4 is 10.5 Å². The lowest BCUT2D eigenvalue weighted by Gasteiger charge is -2.19. The van der Waals surface area contributed by atoms with Crippen LogP contribution in [0.5, 0.6) is 5.75 Å². The van der Waals surface area contributed by atoms with Crippen molar-refractivity contribution in [3.05, 3.63) is 41.7 Å². The monoisotopic (exact) mass is 235 g/mol. The van der Waals surface area contributed by atoms with E-state index in [9.17, 15) is 4.39 Å². The lowest BCUT2D eigenvalue weighted by atomic mass is 10.1. The molecule has 0 saturated heterocycles. The highest BCUT2D eigenvalue weighted by Crippen LogP contribution is 2.24. The molecule has 0 heterocycles. The average Bonchev–Trinajstić information content (AvgIpc) is 2.33. The van der Waals surface area contributed by atoms with Gasteiger partial charge in [0.2, 0.25) is 0 Å². The minimum atomic E-state index is -0.334. The van der Waals surface area contributed by atoms with Gasteiger partial charge in [-0.15, -0.1) is 0 Å². The molecule has 1 aliphatic rings. The van der Waals surface area contributed by atoms with Crippen LogP contribution in [0.15, 0.2) is 30.4 Å². The highest BCUT2D eigenvalue weighted by atomic mass is 19.1. The second kappa shape index (κ2) is 5.32. The van der Waals surface area contributed by atoms with Crippen LogP contribution in [-0.4, -0.2) is 6.10 Å². The topological polar surface area (TPSA) is 35.2 Å². The Kier molecular flexibility index (Phi) is 3.79. The van der Waals surface area contributed by atoms with Gasteiger partial charge in [-0.3, -0.25) is 0 Å². The number of ether oxygens (including phenoxy) is 1. The normalized spacial score (nSPS) is 21.2. The Balaban J connectivity index is 2.10. The van der Waals surface area contributed by atoms with E-state index in [1.54, 1.807) is 6.07 Å². The summed E-state index contributed by atoms with van der Waals surface area (Å²) in [5, 5.41) is 0. The van der Waals surface area contributed by atoms with E-state index in [0.29, 0.717) is 5.75 Å². The maximum Gasteiger partial charge on any atom is 0.165 e. The fourth-order valence-electron chi connectivity index (χ4n) is 1.94. The van der Waals surface area contributed by atoms with Crippen molar-refractivity contribution in [2.45, 2.75) is 38.3 Å². The summed E-state index contributed by atoms with van der Waals surface area (Å²) >= 11 is 0. The van der Waals surface area contributed by atoms with E-state index in [0.717, 1.165) is 24.8 Å². The van der Waals surface area contributed by atoms with Gasteiger partial charge in [0, 0.05) is 6.04 Å². The van der Waals surface area contributed by atoms with E-state index < -0.39 is 0 Å². The zero-order chi connectivity index (χ0) is 12.3. The third kappa shape index (κ3) is 3.07. The van der Waals surface area contributed by atoms with Crippen molar-refractivity contribution in [1.29, 1.82) is 0 Å². The SMILES string of the molecule is CC(N)c1ccc(OC2C=CCCC2)c(F)c1. The minimum absolute atomic E-state index is 0.000556. The van der Waals surface area contributed by atoms with Crippen molar-refractivity contribution in [1.82, 2.24) is 0 Å². The van der Waals surface area contributed by atoms with Crippen molar-refractivity contribution < 1.29 is 9.13 Å². The molecule has 2 nitrogen and oxygen atoms in total. The molecule has 0 bridgehead atoms. The minimum Gasteiger partial charge on any atom is -0.483 e. The average molecular weight is 235 g/mol. The molecule has 92 valence electrons. The molecule has 0 aliphatic heterocycles. The summed E-state index contributed by atoms with van der Waals surface area (Å²) in [6.45, 7) is 1.83. The first-order valence-electron chi connectivity index (χ1n) is 6.05. The van der Waals surface area contributed by atoms with Crippen LogP contribution in [0.4, 0.5) is 4.39 Å². The van der Waals surface area contributed by atoms with Gasteiger partial charge in [-0.2, -0.15) is 0 Å². The van der Waals surface area contributed by atoms with E-state index in [2.05, 4.69) is 6.08 Å². The highest BCUT2D eigenvalue weighted by Gasteiger charge is 2.13. The number of benzene rings is 1. The van der Waals surface area contributed by atoms with Gasteiger partial charge in [0.25, 0.3) is 0 Å². The van der Waals surface area contributed by atoms with Gasteiger partial charge in [0.05, 0.1) is 0 Å². The Hall–Kier alpha value is -1.35. The second-order valence-electron chi connectivity index (χ2n) is 4.49. The summed E-state index contributed by atoms with van der Waals surface area (Å²) in [5.74, 6) is -0.0234. The zero-order valence-electron chi connectivity index (χ0n) is 10.0.